The van der Waals surface area contributed by atoms with Gasteiger partial charge in [0.25, 0.3) is 0 Å². The van der Waals surface area contributed by atoms with E-state index in [1.165, 1.54) is 11.3 Å². The summed E-state index contributed by atoms with van der Waals surface area (Å²) in [6.07, 6.45) is 0.0435. The molecule has 152 valence electrons. The smallest absolute Gasteiger partial charge is 0.247 e. The van der Waals surface area contributed by atoms with Crippen LogP contribution in [0.3, 0.4) is 0 Å². The number of anilines is 1. The number of carbonyl (C=O) groups excluding carboxylic acids is 2. The van der Waals surface area contributed by atoms with E-state index in [-0.39, 0.29) is 23.4 Å². The van der Waals surface area contributed by atoms with Crippen molar-refractivity contribution in [2.75, 3.05) is 11.5 Å². The van der Waals surface area contributed by atoms with Crippen LogP contribution < -0.4 is 15.4 Å². The second kappa shape index (κ2) is 9.43. The Balaban J connectivity index is 1.70. The lowest BCUT2D eigenvalue weighted by Crippen LogP contribution is -2.31. The van der Waals surface area contributed by atoms with Crippen LogP contribution in [0.2, 0.25) is 4.34 Å². The molecule has 1 aliphatic rings. The standard InChI is InChI=1S/C19H19ClN4O3S2/c1-3-27-13-6-4-5-12(9-13)24-17(25)10-15(18(24)26)29-19(21)23-22-11(2)14-7-8-16(20)28-14/h4-9,15H,3,10H2,1-2H3,(H2,21,23)/b22-11-/t15-/m0/s1. The third kappa shape index (κ3) is 5.17. The number of imide groups is 1. The molecule has 1 aliphatic heterocycles. The molecule has 10 heteroatoms. The van der Waals surface area contributed by atoms with Crippen molar-refractivity contribution in [2.45, 2.75) is 25.5 Å². The van der Waals surface area contributed by atoms with E-state index in [0.29, 0.717) is 28.1 Å². The Kier molecular flexibility index (Phi) is 6.94. The molecule has 0 unspecified atom stereocenters. The summed E-state index contributed by atoms with van der Waals surface area (Å²) in [6.45, 7) is 4.15. The normalized spacial score (nSPS) is 17.9. The van der Waals surface area contributed by atoms with E-state index in [4.69, 9.17) is 22.1 Å². The Morgan fingerprint density at radius 3 is 2.83 bits per heavy atom. The second-order valence-corrected chi connectivity index (χ2v) is 8.97. The number of thioether (sulfide) groups is 1. The van der Waals surface area contributed by atoms with Crippen LogP contribution in [0.25, 0.3) is 0 Å². The van der Waals surface area contributed by atoms with Gasteiger partial charge in [-0.25, -0.2) is 4.90 Å². The van der Waals surface area contributed by atoms with Crippen molar-refractivity contribution in [1.82, 2.24) is 0 Å². The number of halogens is 1. The van der Waals surface area contributed by atoms with Gasteiger partial charge < -0.3 is 10.5 Å². The molecule has 0 aliphatic carbocycles. The molecular formula is C19H19ClN4O3S2. The fourth-order valence-corrected chi connectivity index (χ4v) is 4.49. The summed E-state index contributed by atoms with van der Waals surface area (Å²) in [7, 11) is 0. The monoisotopic (exact) mass is 450 g/mol. The van der Waals surface area contributed by atoms with Crippen molar-refractivity contribution in [3.63, 3.8) is 0 Å². The van der Waals surface area contributed by atoms with Gasteiger partial charge in [-0.2, -0.15) is 5.10 Å². The Hall–Kier alpha value is -2.36. The maximum Gasteiger partial charge on any atom is 0.247 e. The molecule has 1 atom stereocenters. The van der Waals surface area contributed by atoms with Gasteiger partial charge in [0.15, 0.2) is 5.17 Å². The lowest BCUT2D eigenvalue weighted by Gasteiger charge is -2.15. The summed E-state index contributed by atoms with van der Waals surface area (Å²) < 4.78 is 6.10. The number of rotatable bonds is 6. The molecule has 0 spiro atoms. The number of hydrogen-bond acceptors (Lipinski definition) is 7. The van der Waals surface area contributed by atoms with Crippen LogP contribution in [0.15, 0.2) is 46.6 Å². The summed E-state index contributed by atoms with van der Waals surface area (Å²) in [5.74, 6) is -0.0272. The summed E-state index contributed by atoms with van der Waals surface area (Å²) in [6, 6.07) is 10.5. The van der Waals surface area contributed by atoms with Crippen LogP contribution in [0.1, 0.15) is 25.1 Å². The van der Waals surface area contributed by atoms with E-state index in [0.717, 1.165) is 21.5 Å². The van der Waals surface area contributed by atoms with Crippen molar-refractivity contribution >= 4 is 63.1 Å². The number of benzene rings is 1. The first-order valence-corrected chi connectivity index (χ1v) is 10.9. The van der Waals surface area contributed by atoms with Crippen LogP contribution in [0.4, 0.5) is 5.69 Å². The second-order valence-electron chi connectivity index (χ2n) is 6.04. The number of carbonyl (C=O) groups is 2. The van der Waals surface area contributed by atoms with Crippen molar-refractivity contribution in [1.29, 1.82) is 0 Å². The Morgan fingerprint density at radius 2 is 2.14 bits per heavy atom. The molecule has 29 heavy (non-hydrogen) atoms. The van der Waals surface area contributed by atoms with Crippen LogP contribution in [-0.4, -0.2) is 34.6 Å². The average Bonchev–Trinajstić information content (AvgIpc) is 3.23. The molecule has 1 aromatic heterocycles. The number of nitrogens with two attached hydrogens (primary N) is 1. The average molecular weight is 451 g/mol. The molecule has 2 aromatic rings. The minimum Gasteiger partial charge on any atom is -0.494 e. The van der Waals surface area contributed by atoms with E-state index < -0.39 is 5.25 Å². The van der Waals surface area contributed by atoms with Crippen molar-refractivity contribution < 1.29 is 14.3 Å². The van der Waals surface area contributed by atoms with Gasteiger partial charge in [0.2, 0.25) is 11.8 Å². The van der Waals surface area contributed by atoms with Gasteiger partial charge in [0.05, 0.1) is 27.2 Å². The van der Waals surface area contributed by atoms with Gasteiger partial charge in [-0.3, -0.25) is 9.59 Å². The summed E-state index contributed by atoms with van der Waals surface area (Å²) in [5, 5.41) is 7.53. The maximum atomic E-state index is 12.8. The van der Waals surface area contributed by atoms with Crippen molar-refractivity contribution in [3.8, 4) is 5.75 Å². The van der Waals surface area contributed by atoms with Gasteiger partial charge in [-0.1, -0.05) is 29.4 Å². The molecule has 1 saturated heterocycles. The highest BCUT2D eigenvalue weighted by Gasteiger charge is 2.40. The zero-order valence-electron chi connectivity index (χ0n) is 15.8. The highest BCUT2D eigenvalue weighted by molar-refractivity contribution is 8.14. The molecule has 1 aromatic carbocycles. The van der Waals surface area contributed by atoms with Crippen LogP contribution in [-0.2, 0) is 9.59 Å². The molecule has 7 nitrogen and oxygen atoms in total. The Bertz CT molecular complexity index is 989. The molecule has 3 rings (SSSR count). The fourth-order valence-electron chi connectivity index (χ4n) is 2.70. The molecule has 1 fully saturated rings. The number of ether oxygens (including phenoxy) is 1. The molecule has 2 heterocycles. The zero-order valence-corrected chi connectivity index (χ0v) is 18.2. The number of nitrogens with zero attached hydrogens (tertiary/aromatic N) is 3. The predicted molar refractivity (Wildman–Crippen MR) is 119 cm³/mol. The first kappa shape index (κ1) is 21.4. The first-order chi connectivity index (χ1) is 13.9. The van der Waals surface area contributed by atoms with Gasteiger partial charge in [0.1, 0.15) is 11.0 Å². The van der Waals surface area contributed by atoms with Gasteiger partial charge in [-0.15, -0.1) is 16.4 Å². The number of amides is 2. The maximum absolute atomic E-state index is 12.8. The molecule has 0 bridgehead atoms. The van der Waals surface area contributed by atoms with Gasteiger partial charge in [0, 0.05) is 12.5 Å². The predicted octanol–water partition coefficient (Wildman–Crippen LogP) is 3.90. The van der Waals surface area contributed by atoms with Gasteiger partial charge >= 0.3 is 0 Å². The summed E-state index contributed by atoms with van der Waals surface area (Å²) >= 11 is 8.33. The van der Waals surface area contributed by atoms with E-state index in [1.807, 2.05) is 13.0 Å². The van der Waals surface area contributed by atoms with Crippen LogP contribution in [0.5, 0.6) is 5.75 Å². The first-order valence-electron chi connectivity index (χ1n) is 8.78. The summed E-state index contributed by atoms with van der Waals surface area (Å²) in [5.41, 5.74) is 7.06. The minimum absolute atomic E-state index is 0.0435. The van der Waals surface area contributed by atoms with Gasteiger partial charge in [-0.05, 0) is 38.1 Å². The van der Waals surface area contributed by atoms with Crippen molar-refractivity contribution in [3.05, 3.63) is 45.6 Å². The van der Waals surface area contributed by atoms with E-state index in [1.54, 1.807) is 37.3 Å². The Morgan fingerprint density at radius 1 is 1.34 bits per heavy atom. The lowest BCUT2D eigenvalue weighted by molar-refractivity contribution is -0.121. The molecule has 2 N–H and O–H groups in total. The molecule has 0 radical (unpaired) electrons. The number of thiophene rings is 1. The molecular weight excluding hydrogens is 432 g/mol. The van der Waals surface area contributed by atoms with E-state index >= 15 is 0 Å². The Labute approximate surface area is 181 Å². The topological polar surface area (TPSA) is 97.3 Å². The number of amidine groups is 1. The largest absolute Gasteiger partial charge is 0.494 e. The van der Waals surface area contributed by atoms with Crippen molar-refractivity contribution in [2.24, 2.45) is 15.9 Å². The zero-order chi connectivity index (χ0) is 21.0. The summed E-state index contributed by atoms with van der Waals surface area (Å²) in [4.78, 5) is 27.2. The quantitative estimate of drug-likeness (QED) is 0.311. The third-order valence-corrected chi connectivity index (χ3v) is 6.30. The third-order valence-electron chi connectivity index (χ3n) is 3.98. The highest BCUT2D eigenvalue weighted by atomic mass is 35.5. The molecule has 0 saturated carbocycles. The molecule has 2 amide bonds. The lowest BCUT2D eigenvalue weighted by atomic mass is 10.3. The minimum atomic E-state index is -0.645. The van der Waals surface area contributed by atoms with E-state index in [2.05, 4.69) is 10.2 Å². The van der Waals surface area contributed by atoms with Crippen LogP contribution in [0, 0.1) is 0 Å². The fraction of sp³-hybridized carbons (Fsp3) is 0.263. The number of hydrogen-bond donors (Lipinski definition) is 1. The van der Waals surface area contributed by atoms with Crippen LogP contribution >= 0.6 is 34.7 Å². The SMILES string of the molecule is CCOc1cccc(N2C(=O)C[C@H](S/C(N)=N\N=C(\C)c3ccc(Cl)s3)C2=O)c1. The highest BCUT2D eigenvalue weighted by Crippen LogP contribution is 2.31. The van der Waals surface area contributed by atoms with E-state index in [9.17, 15) is 9.59 Å².